The number of benzene rings is 1. The van der Waals surface area contributed by atoms with Crippen LogP contribution in [0.5, 0.6) is 0 Å². The predicted molar refractivity (Wildman–Crippen MR) is 105 cm³/mol. The molecule has 6 heteroatoms. The molecule has 1 saturated heterocycles. The summed E-state index contributed by atoms with van der Waals surface area (Å²) in [5.74, 6) is 0. The summed E-state index contributed by atoms with van der Waals surface area (Å²) in [6.07, 6.45) is 6.30. The zero-order valence-electron chi connectivity index (χ0n) is 16.0. The number of hydrogen-bond donors (Lipinski definition) is 3. The summed E-state index contributed by atoms with van der Waals surface area (Å²) in [5, 5.41) is 10.5. The third-order valence-electron chi connectivity index (χ3n) is 4.78. The second kappa shape index (κ2) is 10.4. The van der Waals surface area contributed by atoms with Crippen LogP contribution < -0.4 is 20.5 Å². The Balaban J connectivity index is 1.51. The van der Waals surface area contributed by atoms with Crippen molar-refractivity contribution in [1.82, 2.24) is 25.4 Å². The monoisotopic (exact) mass is 357 g/mol. The summed E-state index contributed by atoms with van der Waals surface area (Å²) < 4.78 is 4.28. The smallest absolute Gasteiger partial charge is 0.243 e. The fourth-order valence-electron chi connectivity index (χ4n) is 3.29. The maximum Gasteiger partial charge on any atom is 0.243 e. The molecule has 1 aromatic carbocycles. The van der Waals surface area contributed by atoms with E-state index >= 15 is 0 Å². The Morgan fingerprint density at radius 2 is 1.35 bits per heavy atom. The lowest BCUT2D eigenvalue weighted by molar-refractivity contribution is -0.671. The van der Waals surface area contributed by atoms with E-state index in [4.69, 9.17) is 0 Å². The fourth-order valence-corrected chi connectivity index (χ4v) is 3.29. The topological polar surface area (TPSA) is 48.1 Å². The maximum atomic E-state index is 3.53. The van der Waals surface area contributed by atoms with Gasteiger partial charge in [0.15, 0.2) is 0 Å². The summed E-state index contributed by atoms with van der Waals surface area (Å²) >= 11 is 0. The molecule has 0 unspecified atom stereocenters. The summed E-state index contributed by atoms with van der Waals surface area (Å²) in [6, 6.07) is 9.07. The zero-order valence-corrected chi connectivity index (χ0v) is 16.0. The average molecular weight is 358 g/mol. The van der Waals surface area contributed by atoms with Crippen molar-refractivity contribution in [3.05, 3.63) is 54.1 Å². The number of nitrogens with one attached hydrogen (secondary N) is 3. The van der Waals surface area contributed by atoms with E-state index in [9.17, 15) is 0 Å². The van der Waals surface area contributed by atoms with E-state index in [2.05, 4.69) is 80.0 Å². The SMILES string of the molecule is C[n+]1ccn(Cc2ccc(CN3CCNCCNCCNCC3)cc2)c1. The number of nitrogens with zero attached hydrogens (tertiary/aromatic N) is 3. The van der Waals surface area contributed by atoms with Crippen LogP contribution in [-0.4, -0.2) is 61.8 Å². The Labute approximate surface area is 157 Å². The molecule has 2 heterocycles. The first-order valence-electron chi connectivity index (χ1n) is 9.73. The van der Waals surface area contributed by atoms with Crippen LogP contribution in [0.3, 0.4) is 0 Å². The molecular formula is C20H33N6+. The van der Waals surface area contributed by atoms with Crippen LogP contribution in [0.25, 0.3) is 0 Å². The Kier molecular flexibility index (Phi) is 7.64. The van der Waals surface area contributed by atoms with Crippen LogP contribution in [0.2, 0.25) is 0 Å². The van der Waals surface area contributed by atoms with E-state index in [0.29, 0.717) is 0 Å². The van der Waals surface area contributed by atoms with Crippen LogP contribution in [0, 0.1) is 0 Å². The second-order valence-corrected chi connectivity index (χ2v) is 7.09. The van der Waals surface area contributed by atoms with Crippen molar-refractivity contribution >= 4 is 0 Å². The van der Waals surface area contributed by atoms with Gasteiger partial charge in [-0.2, -0.15) is 0 Å². The van der Waals surface area contributed by atoms with Gasteiger partial charge in [0, 0.05) is 58.9 Å². The Morgan fingerprint density at radius 3 is 1.88 bits per heavy atom. The van der Waals surface area contributed by atoms with Gasteiger partial charge in [0.2, 0.25) is 6.33 Å². The van der Waals surface area contributed by atoms with Crippen LogP contribution >= 0.6 is 0 Å². The average Bonchev–Trinajstić information content (AvgIpc) is 3.04. The predicted octanol–water partition coefficient (Wildman–Crippen LogP) is -0.0547. The molecule has 0 spiro atoms. The van der Waals surface area contributed by atoms with Gasteiger partial charge in [0.25, 0.3) is 0 Å². The van der Waals surface area contributed by atoms with Crippen molar-refractivity contribution in [3.63, 3.8) is 0 Å². The van der Waals surface area contributed by atoms with E-state index in [1.807, 2.05) is 0 Å². The zero-order chi connectivity index (χ0) is 18.0. The quantitative estimate of drug-likeness (QED) is 0.672. The normalized spacial score (nSPS) is 18.2. The highest BCUT2D eigenvalue weighted by molar-refractivity contribution is 5.22. The number of imidazole rings is 1. The van der Waals surface area contributed by atoms with Gasteiger partial charge in [0.1, 0.15) is 18.9 Å². The van der Waals surface area contributed by atoms with E-state index in [0.717, 1.165) is 65.4 Å². The summed E-state index contributed by atoms with van der Waals surface area (Å²) in [7, 11) is 2.05. The van der Waals surface area contributed by atoms with E-state index in [1.165, 1.54) is 11.1 Å². The number of aryl methyl sites for hydroxylation is 1. The molecule has 3 rings (SSSR count). The van der Waals surface area contributed by atoms with E-state index in [1.54, 1.807) is 0 Å². The lowest BCUT2D eigenvalue weighted by Crippen LogP contribution is -2.41. The van der Waals surface area contributed by atoms with Crippen molar-refractivity contribution in [2.45, 2.75) is 13.1 Å². The Hall–Kier alpha value is -1.73. The molecule has 0 atom stereocenters. The minimum Gasteiger partial charge on any atom is -0.314 e. The summed E-state index contributed by atoms with van der Waals surface area (Å²) in [4.78, 5) is 2.54. The first-order valence-corrected chi connectivity index (χ1v) is 9.73. The highest BCUT2D eigenvalue weighted by Gasteiger charge is 2.07. The third-order valence-corrected chi connectivity index (χ3v) is 4.78. The molecule has 142 valence electrons. The van der Waals surface area contributed by atoms with Gasteiger partial charge < -0.3 is 16.0 Å². The third kappa shape index (κ3) is 6.53. The number of hydrogen-bond acceptors (Lipinski definition) is 4. The van der Waals surface area contributed by atoms with Gasteiger partial charge in [-0.3, -0.25) is 4.90 Å². The van der Waals surface area contributed by atoms with Crippen molar-refractivity contribution in [2.75, 3.05) is 52.4 Å². The van der Waals surface area contributed by atoms with Crippen molar-refractivity contribution < 1.29 is 4.57 Å². The molecule has 2 aromatic rings. The molecule has 1 aromatic heterocycles. The minimum absolute atomic E-state index is 0.923. The minimum atomic E-state index is 0.923. The molecule has 0 radical (unpaired) electrons. The highest BCUT2D eigenvalue weighted by atomic mass is 15.2. The lowest BCUT2D eigenvalue weighted by atomic mass is 10.1. The molecule has 1 fully saturated rings. The first kappa shape index (κ1) is 19.0. The highest BCUT2D eigenvalue weighted by Crippen LogP contribution is 2.09. The van der Waals surface area contributed by atoms with E-state index in [-0.39, 0.29) is 0 Å². The van der Waals surface area contributed by atoms with Gasteiger partial charge in [-0.1, -0.05) is 24.3 Å². The van der Waals surface area contributed by atoms with Gasteiger partial charge in [-0.25, -0.2) is 9.13 Å². The van der Waals surface area contributed by atoms with Crippen LogP contribution in [0.1, 0.15) is 11.1 Å². The van der Waals surface area contributed by atoms with Crippen LogP contribution in [0.4, 0.5) is 0 Å². The van der Waals surface area contributed by atoms with Crippen molar-refractivity contribution in [1.29, 1.82) is 0 Å². The van der Waals surface area contributed by atoms with Gasteiger partial charge in [0.05, 0.1) is 7.05 Å². The van der Waals surface area contributed by atoms with Gasteiger partial charge in [-0.15, -0.1) is 0 Å². The van der Waals surface area contributed by atoms with E-state index < -0.39 is 0 Å². The molecule has 0 amide bonds. The second-order valence-electron chi connectivity index (χ2n) is 7.09. The summed E-state index contributed by atoms with van der Waals surface area (Å²) in [5.41, 5.74) is 2.73. The molecule has 26 heavy (non-hydrogen) atoms. The molecule has 1 aliphatic rings. The Morgan fingerprint density at radius 1 is 0.808 bits per heavy atom. The molecule has 0 bridgehead atoms. The fraction of sp³-hybridized carbons (Fsp3) is 0.550. The largest absolute Gasteiger partial charge is 0.314 e. The number of rotatable bonds is 4. The Bertz CT molecular complexity index is 624. The molecule has 6 nitrogen and oxygen atoms in total. The van der Waals surface area contributed by atoms with Crippen molar-refractivity contribution in [3.8, 4) is 0 Å². The number of aromatic nitrogens is 2. The molecule has 1 aliphatic heterocycles. The van der Waals surface area contributed by atoms with Crippen LogP contribution in [0.15, 0.2) is 43.0 Å². The molecule has 0 aliphatic carbocycles. The molecular weight excluding hydrogens is 324 g/mol. The first-order chi connectivity index (χ1) is 12.8. The summed E-state index contributed by atoms with van der Waals surface area (Å²) in [6.45, 7) is 10.4. The lowest BCUT2D eigenvalue weighted by Gasteiger charge is -2.24. The van der Waals surface area contributed by atoms with Gasteiger partial charge in [-0.05, 0) is 11.1 Å². The molecule has 0 saturated carbocycles. The van der Waals surface area contributed by atoms with Gasteiger partial charge >= 0.3 is 0 Å². The van der Waals surface area contributed by atoms with Crippen molar-refractivity contribution in [2.24, 2.45) is 7.05 Å². The maximum absolute atomic E-state index is 3.53. The standard InChI is InChI=1S/C20H33N6/c1-24-14-15-26(18-24)17-20-4-2-19(3-5-20)16-25-12-10-22-8-6-21-7-9-23-11-13-25/h2-5,14-15,18,21-23H,6-13,16-17H2,1H3/q+1. The van der Waals surface area contributed by atoms with Crippen LogP contribution in [-0.2, 0) is 20.1 Å². The molecule has 3 N–H and O–H groups in total.